The summed E-state index contributed by atoms with van der Waals surface area (Å²) in [6.45, 7) is 5.23. The predicted molar refractivity (Wildman–Crippen MR) is 248 cm³/mol. The Bertz CT molecular complexity index is 713. The first-order chi connectivity index (χ1) is 27.3. The molecule has 0 heterocycles. The summed E-state index contributed by atoms with van der Waals surface area (Å²) < 4.78 is 5.50. The Labute approximate surface area is 348 Å². The van der Waals surface area contributed by atoms with Crippen LogP contribution in [0.1, 0.15) is 316 Å². The van der Waals surface area contributed by atoms with Crippen LogP contribution in [0.25, 0.3) is 0 Å². The van der Waals surface area contributed by atoms with Crippen molar-refractivity contribution in [2.45, 2.75) is 316 Å². The van der Waals surface area contributed by atoms with E-state index >= 15 is 0 Å². The van der Waals surface area contributed by atoms with E-state index < -0.39 is 0 Å². The number of rotatable bonds is 49. The lowest BCUT2D eigenvalue weighted by atomic mass is 10.0. The second kappa shape index (κ2) is 51.2. The average Bonchev–Trinajstić information content (AvgIpc) is 3.19. The van der Waals surface area contributed by atoms with E-state index in [-0.39, 0.29) is 5.97 Å². The van der Waals surface area contributed by atoms with E-state index in [4.69, 9.17) is 4.74 Å². The zero-order valence-corrected chi connectivity index (χ0v) is 38.4. The predicted octanol–water partition coefficient (Wildman–Crippen LogP) is 19.5. The fourth-order valence-electron chi connectivity index (χ4n) is 8.25. The maximum Gasteiger partial charge on any atom is 0.305 e. The Morgan fingerprint density at radius 3 is 0.782 bits per heavy atom. The van der Waals surface area contributed by atoms with Crippen molar-refractivity contribution in [1.29, 1.82) is 0 Å². The van der Waals surface area contributed by atoms with Crippen molar-refractivity contribution >= 4 is 5.97 Å². The third-order valence-electron chi connectivity index (χ3n) is 12.2. The van der Waals surface area contributed by atoms with E-state index in [0.29, 0.717) is 13.0 Å². The number of ether oxygens (including phenoxy) is 1. The topological polar surface area (TPSA) is 26.3 Å². The average molecular weight is 773 g/mol. The Kier molecular flexibility index (Phi) is 50.5. The summed E-state index contributed by atoms with van der Waals surface area (Å²) in [5.41, 5.74) is 0. The highest BCUT2D eigenvalue weighted by atomic mass is 16.5. The van der Waals surface area contributed by atoms with Crippen LogP contribution in [0, 0.1) is 0 Å². The van der Waals surface area contributed by atoms with Gasteiger partial charge in [-0.3, -0.25) is 4.79 Å². The van der Waals surface area contributed by atoms with Gasteiger partial charge in [0.05, 0.1) is 6.61 Å². The molecule has 0 aliphatic heterocycles. The molecule has 0 aliphatic rings. The molecular formula is C53H104O2. The highest BCUT2D eigenvalue weighted by Gasteiger charge is 2.03. The summed E-state index contributed by atoms with van der Waals surface area (Å²) in [5, 5.41) is 0. The van der Waals surface area contributed by atoms with Gasteiger partial charge >= 0.3 is 5.97 Å². The molecule has 0 fully saturated rings. The number of carbonyl (C=O) groups excluding carboxylic acids is 1. The molecule has 0 rings (SSSR count). The molecule has 0 spiro atoms. The fourth-order valence-corrected chi connectivity index (χ4v) is 8.25. The monoisotopic (exact) mass is 773 g/mol. The summed E-state index contributed by atoms with van der Waals surface area (Å²) in [6, 6.07) is 0. The van der Waals surface area contributed by atoms with Gasteiger partial charge in [0, 0.05) is 6.42 Å². The molecule has 0 saturated carbocycles. The lowest BCUT2D eigenvalue weighted by Gasteiger charge is -2.06. The SMILES string of the molecule is CCCCCCCCC=CCCCCCCCCCCCCCC(=O)OCCCCCCCCCCCCCCCCCCCCCCCCCCCCC. The molecule has 0 bridgehead atoms. The first-order valence-corrected chi connectivity index (χ1v) is 26.1. The van der Waals surface area contributed by atoms with Gasteiger partial charge < -0.3 is 4.74 Å². The van der Waals surface area contributed by atoms with Crippen molar-refractivity contribution in [2.24, 2.45) is 0 Å². The summed E-state index contributed by atoms with van der Waals surface area (Å²) in [4.78, 5) is 12.1. The summed E-state index contributed by atoms with van der Waals surface area (Å²) >= 11 is 0. The van der Waals surface area contributed by atoms with Crippen molar-refractivity contribution in [3.05, 3.63) is 12.2 Å². The van der Waals surface area contributed by atoms with Gasteiger partial charge in [0.15, 0.2) is 0 Å². The van der Waals surface area contributed by atoms with Crippen LogP contribution in [0.5, 0.6) is 0 Å². The molecule has 0 radical (unpaired) electrons. The standard InChI is InChI=1S/C53H104O2/c1-3-5-7-9-11-13-15-17-19-21-23-25-26-27-28-29-30-32-34-36-38-40-42-44-46-48-50-52-55-53(54)51-49-47-45-43-41-39-37-35-33-31-24-22-20-18-16-14-12-10-8-6-4-2/h18,20H,3-17,19,21-52H2,1-2H3. The van der Waals surface area contributed by atoms with Gasteiger partial charge in [-0.15, -0.1) is 0 Å². The minimum absolute atomic E-state index is 0.0307. The van der Waals surface area contributed by atoms with Crippen LogP contribution >= 0.6 is 0 Å². The molecule has 0 saturated heterocycles. The van der Waals surface area contributed by atoms with E-state index in [9.17, 15) is 4.79 Å². The molecular weight excluding hydrogens is 669 g/mol. The number of carbonyl (C=O) groups is 1. The maximum atomic E-state index is 12.1. The van der Waals surface area contributed by atoms with Crippen LogP contribution in [-0.2, 0) is 9.53 Å². The van der Waals surface area contributed by atoms with Crippen LogP contribution < -0.4 is 0 Å². The maximum absolute atomic E-state index is 12.1. The number of unbranched alkanes of at least 4 members (excludes halogenated alkanes) is 43. The summed E-state index contributed by atoms with van der Waals surface area (Å²) in [7, 11) is 0. The second-order valence-corrected chi connectivity index (χ2v) is 17.9. The van der Waals surface area contributed by atoms with Gasteiger partial charge in [0.25, 0.3) is 0 Å². The van der Waals surface area contributed by atoms with Crippen LogP contribution in [0.15, 0.2) is 12.2 Å². The van der Waals surface area contributed by atoms with Gasteiger partial charge in [-0.05, 0) is 38.5 Å². The van der Waals surface area contributed by atoms with Gasteiger partial charge in [-0.25, -0.2) is 0 Å². The molecule has 0 atom stereocenters. The minimum atomic E-state index is 0.0307. The highest BCUT2D eigenvalue weighted by molar-refractivity contribution is 5.69. The van der Waals surface area contributed by atoms with E-state index in [1.54, 1.807) is 0 Å². The first-order valence-electron chi connectivity index (χ1n) is 26.1. The quantitative estimate of drug-likeness (QED) is 0.0350. The van der Waals surface area contributed by atoms with Gasteiger partial charge in [0.2, 0.25) is 0 Å². The molecule has 0 aliphatic carbocycles. The number of hydrogen-bond acceptors (Lipinski definition) is 2. The molecule has 328 valence electrons. The van der Waals surface area contributed by atoms with Gasteiger partial charge in [-0.2, -0.15) is 0 Å². The van der Waals surface area contributed by atoms with E-state index in [2.05, 4.69) is 26.0 Å². The molecule has 0 unspecified atom stereocenters. The smallest absolute Gasteiger partial charge is 0.305 e. The first kappa shape index (κ1) is 54.2. The van der Waals surface area contributed by atoms with Crippen molar-refractivity contribution in [1.82, 2.24) is 0 Å². The van der Waals surface area contributed by atoms with Crippen LogP contribution in [-0.4, -0.2) is 12.6 Å². The molecule has 55 heavy (non-hydrogen) atoms. The Balaban J connectivity index is 3.16. The van der Waals surface area contributed by atoms with E-state index in [1.807, 2.05) is 0 Å². The summed E-state index contributed by atoms with van der Waals surface area (Å²) in [6.07, 6.45) is 69.3. The molecule has 2 heteroatoms. The van der Waals surface area contributed by atoms with Crippen LogP contribution in [0.4, 0.5) is 0 Å². The largest absolute Gasteiger partial charge is 0.466 e. The van der Waals surface area contributed by atoms with E-state index in [1.165, 1.54) is 283 Å². The van der Waals surface area contributed by atoms with Gasteiger partial charge in [-0.1, -0.05) is 283 Å². The summed E-state index contributed by atoms with van der Waals surface area (Å²) in [5.74, 6) is 0.0307. The zero-order chi connectivity index (χ0) is 39.6. The van der Waals surface area contributed by atoms with Crippen molar-refractivity contribution in [3.63, 3.8) is 0 Å². The van der Waals surface area contributed by atoms with Crippen LogP contribution in [0.2, 0.25) is 0 Å². The fraction of sp³-hybridized carbons (Fsp3) is 0.943. The molecule has 0 amide bonds. The van der Waals surface area contributed by atoms with Crippen LogP contribution in [0.3, 0.4) is 0 Å². The van der Waals surface area contributed by atoms with Gasteiger partial charge in [0.1, 0.15) is 0 Å². The third-order valence-corrected chi connectivity index (χ3v) is 12.2. The molecule has 0 N–H and O–H groups in total. The zero-order valence-electron chi connectivity index (χ0n) is 38.4. The molecule has 0 aromatic rings. The minimum Gasteiger partial charge on any atom is -0.466 e. The lowest BCUT2D eigenvalue weighted by Crippen LogP contribution is -2.05. The second-order valence-electron chi connectivity index (χ2n) is 17.9. The number of allylic oxidation sites excluding steroid dienone is 2. The normalized spacial score (nSPS) is 11.7. The molecule has 0 aromatic heterocycles. The number of hydrogen-bond donors (Lipinski definition) is 0. The Hall–Kier alpha value is -0.790. The Morgan fingerprint density at radius 2 is 0.509 bits per heavy atom. The third kappa shape index (κ3) is 51.2. The highest BCUT2D eigenvalue weighted by Crippen LogP contribution is 2.17. The molecule has 0 aromatic carbocycles. The van der Waals surface area contributed by atoms with E-state index in [0.717, 1.165) is 12.8 Å². The molecule has 2 nitrogen and oxygen atoms in total. The Morgan fingerprint density at radius 1 is 0.291 bits per heavy atom. The number of esters is 1. The van der Waals surface area contributed by atoms with Crippen molar-refractivity contribution < 1.29 is 9.53 Å². The lowest BCUT2D eigenvalue weighted by molar-refractivity contribution is -0.143. The van der Waals surface area contributed by atoms with Crippen molar-refractivity contribution in [3.8, 4) is 0 Å². The van der Waals surface area contributed by atoms with Crippen molar-refractivity contribution in [2.75, 3.05) is 6.61 Å².